The molecular formula is C17H21N3O2. The highest BCUT2D eigenvalue weighted by molar-refractivity contribution is 5.94. The maximum atomic E-state index is 12.4. The lowest BCUT2D eigenvalue weighted by molar-refractivity contribution is -0.121. The maximum absolute atomic E-state index is 12.4. The molecule has 0 aromatic heterocycles. The van der Waals surface area contributed by atoms with Crippen LogP contribution in [-0.4, -0.2) is 60.9 Å². The molecule has 0 aliphatic carbocycles. The lowest BCUT2D eigenvalue weighted by Crippen LogP contribution is -2.40. The van der Waals surface area contributed by atoms with Crippen molar-refractivity contribution < 1.29 is 9.59 Å². The van der Waals surface area contributed by atoms with Crippen LogP contribution in [0, 0.1) is 12.3 Å². The summed E-state index contributed by atoms with van der Waals surface area (Å²) in [6, 6.07) is 9.30. The quantitative estimate of drug-likeness (QED) is 0.828. The van der Waals surface area contributed by atoms with E-state index in [9.17, 15) is 9.59 Å². The lowest BCUT2D eigenvalue weighted by Gasteiger charge is -2.21. The smallest absolute Gasteiger partial charge is 0.253 e. The summed E-state index contributed by atoms with van der Waals surface area (Å²) in [5.41, 5.74) is 0.711. The molecule has 22 heavy (non-hydrogen) atoms. The Bertz CT molecular complexity index is 551. The molecule has 0 spiro atoms. The second-order valence-electron chi connectivity index (χ2n) is 5.27. The minimum atomic E-state index is -0.0687. The van der Waals surface area contributed by atoms with E-state index in [2.05, 4.69) is 16.1 Å². The number of hydrogen-bond acceptors (Lipinski definition) is 3. The van der Waals surface area contributed by atoms with Crippen molar-refractivity contribution in [2.24, 2.45) is 0 Å². The van der Waals surface area contributed by atoms with Gasteiger partial charge in [0.2, 0.25) is 5.91 Å². The molecule has 5 heteroatoms. The molecule has 1 aromatic rings. The molecule has 0 unspecified atom stereocenters. The van der Waals surface area contributed by atoms with Crippen molar-refractivity contribution in [3.63, 3.8) is 0 Å². The van der Waals surface area contributed by atoms with Gasteiger partial charge in [-0.3, -0.25) is 14.5 Å². The fourth-order valence-corrected chi connectivity index (χ4v) is 2.50. The van der Waals surface area contributed by atoms with E-state index < -0.39 is 0 Å². The van der Waals surface area contributed by atoms with Crippen LogP contribution < -0.4 is 5.32 Å². The van der Waals surface area contributed by atoms with Gasteiger partial charge in [0.05, 0.1) is 13.1 Å². The molecule has 1 aliphatic rings. The summed E-state index contributed by atoms with van der Waals surface area (Å²) >= 11 is 0. The Morgan fingerprint density at radius 3 is 2.64 bits per heavy atom. The molecule has 1 N–H and O–H groups in total. The summed E-state index contributed by atoms with van der Waals surface area (Å²) in [5.74, 6) is 2.37. The van der Waals surface area contributed by atoms with E-state index in [1.54, 1.807) is 0 Å². The molecule has 5 nitrogen and oxygen atoms in total. The van der Waals surface area contributed by atoms with Crippen molar-refractivity contribution in [1.29, 1.82) is 0 Å². The lowest BCUT2D eigenvalue weighted by atomic mass is 10.2. The number of carbonyl (C=O) groups excluding carboxylic acids is 2. The Morgan fingerprint density at radius 1 is 1.14 bits per heavy atom. The van der Waals surface area contributed by atoms with Gasteiger partial charge in [-0.25, -0.2) is 0 Å². The van der Waals surface area contributed by atoms with Gasteiger partial charge in [-0.1, -0.05) is 24.1 Å². The van der Waals surface area contributed by atoms with Crippen molar-refractivity contribution in [2.45, 2.75) is 6.42 Å². The van der Waals surface area contributed by atoms with E-state index in [0.29, 0.717) is 25.2 Å². The Balaban J connectivity index is 1.86. The van der Waals surface area contributed by atoms with E-state index in [1.165, 1.54) is 0 Å². The third kappa shape index (κ3) is 4.61. The second-order valence-corrected chi connectivity index (χ2v) is 5.27. The van der Waals surface area contributed by atoms with Crippen LogP contribution in [0.2, 0.25) is 0 Å². The molecule has 0 atom stereocenters. The van der Waals surface area contributed by atoms with Gasteiger partial charge < -0.3 is 10.2 Å². The first-order valence-electron chi connectivity index (χ1n) is 7.47. The fourth-order valence-electron chi connectivity index (χ4n) is 2.50. The molecule has 1 aliphatic heterocycles. The number of carbonyl (C=O) groups is 2. The zero-order chi connectivity index (χ0) is 15.8. The summed E-state index contributed by atoms with van der Waals surface area (Å²) in [7, 11) is 0. The zero-order valence-electron chi connectivity index (χ0n) is 12.6. The maximum Gasteiger partial charge on any atom is 0.253 e. The Kier molecular flexibility index (Phi) is 5.99. The standard InChI is InChI=1S/C17H21N3O2/c1-2-9-18-16(21)14-19-10-6-11-20(13-12-19)17(22)15-7-4-3-5-8-15/h1,3-5,7-8H,6,9-14H2,(H,18,21). The van der Waals surface area contributed by atoms with Crippen LogP contribution in [0.15, 0.2) is 30.3 Å². The first-order valence-corrected chi connectivity index (χ1v) is 7.47. The molecule has 1 fully saturated rings. The molecule has 0 radical (unpaired) electrons. The molecule has 0 bridgehead atoms. The summed E-state index contributed by atoms with van der Waals surface area (Å²) in [4.78, 5) is 28.0. The van der Waals surface area contributed by atoms with Crippen molar-refractivity contribution in [3.05, 3.63) is 35.9 Å². The largest absolute Gasteiger partial charge is 0.344 e. The summed E-state index contributed by atoms with van der Waals surface area (Å²) in [6.07, 6.45) is 5.98. The van der Waals surface area contributed by atoms with E-state index in [1.807, 2.05) is 35.2 Å². The highest BCUT2D eigenvalue weighted by Crippen LogP contribution is 2.09. The van der Waals surface area contributed by atoms with Gasteiger partial charge in [0, 0.05) is 31.7 Å². The highest BCUT2D eigenvalue weighted by atomic mass is 16.2. The van der Waals surface area contributed by atoms with Crippen LogP contribution >= 0.6 is 0 Å². The minimum absolute atomic E-state index is 0.0548. The first-order chi connectivity index (χ1) is 10.7. The third-order valence-electron chi connectivity index (χ3n) is 3.65. The van der Waals surface area contributed by atoms with E-state index >= 15 is 0 Å². The number of nitrogens with zero attached hydrogens (tertiary/aromatic N) is 2. The van der Waals surface area contributed by atoms with Crippen LogP contribution in [0.4, 0.5) is 0 Å². The Labute approximate surface area is 131 Å². The summed E-state index contributed by atoms with van der Waals surface area (Å²) < 4.78 is 0. The fraction of sp³-hybridized carbons (Fsp3) is 0.412. The molecule has 2 rings (SSSR count). The zero-order valence-corrected chi connectivity index (χ0v) is 12.6. The predicted octanol–water partition coefficient (Wildman–Crippen LogP) is 0.584. The minimum Gasteiger partial charge on any atom is -0.344 e. The van der Waals surface area contributed by atoms with Gasteiger partial charge in [0.15, 0.2) is 0 Å². The summed E-state index contributed by atoms with van der Waals surface area (Å²) in [6.45, 7) is 3.44. The van der Waals surface area contributed by atoms with E-state index in [-0.39, 0.29) is 18.4 Å². The van der Waals surface area contributed by atoms with Crippen LogP contribution in [-0.2, 0) is 4.79 Å². The normalized spacial score (nSPS) is 15.7. The molecule has 1 aromatic carbocycles. The first kappa shape index (κ1) is 16.1. The van der Waals surface area contributed by atoms with Gasteiger partial charge >= 0.3 is 0 Å². The van der Waals surface area contributed by atoms with Gasteiger partial charge in [0.25, 0.3) is 5.91 Å². The van der Waals surface area contributed by atoms with Crippen LogP contribution in [0.1, 0.15) is 16.8 Å². The van der Waals surface area contributed by atoms with Crippen LogP contribution in [0.25, 0.3) is 0 Å². The monoisotopic (exact) mass is 299 g/mol. The number of benzene rings is 1. The number of hydrogen-bond donors (Lipinski definition) is 1. The van der Waals surface area contributed by atoms with Crippen molar-refractivity contribution >= 4 is 11.8 Å². The van der Waals surface area contributed by atoms with E-state index in [0.717, 1.165) is 19.5 Å². The summed E-state index contributed by atoms with van der Waals surface area (Å²) in [5, 5.41) is 2.66. The third-order valence-corrected chi connectivity index (χ3v) is 3.65. The van der Waals surface area contributed by atoms with Gasteiger partial charge in [-0.05, 0) is 18.6 Å². The molecule has 1 saturated heterocycles. The van der Waals surface area contributed by atoms with Gasteiger partial charge in [-0.15, -0.1) is 6.42 Å². The molecular weight excluding hydrogens is 278 g/mol. The topological polar surface area (TPSA) is 52.7 Å². The molecule has 0 saturated carbocycles. The molecule has 116 valence electrons. The van der Waals surface area contributed by atoms with Crippen LogP contribution in [0.3, 0.4) is 0 Å². The SMILES string of the molecule is C#CCNC(=O)CN1CCCN(C(=O)c2ccccc2)CC1. The van der Waals surface area contributed by atoms with E-state index in [4.69, 9.17) is 6.42 Å². The number of amides is 2. The number of terminal acetylenes is 1. The van der Waals surface area contributed by atoms with Gasteiger partial charge in [0.1, 0.15) is 0 Å². The molecule has 2 amide bonds. The van der Waals surface area contributed by atoms with Gasteiger partial charge in [-0.2, -0.15) is 0 Å². The average molecular weight is 299 g/mol. The highest BCUT2D eigenvalue weighted by Gasteiger charge is 2.21. The van der Waals surface area contributed by atoms with Crippen LogP contribution in [0.5, 0.6) is 0 Å². The molecule has 1 heterocycles. The van der Waals surface area contributed by atoms with Crippen molar-refractivity contribution in [2.75, 3.05) is 39.3 Å². The Morgan fingerprint density at radius 2 is 1.91 bits per heavy atom. The van der Waals surface area contributed by atoms with Crippen molar-refractivity contribution in [1.82, 2.24) is 15.1 Å². The number of nitrogens with one attached hydrogen (secondary N) is 1. The Hall–Kier alpha value is -2.32. The predicted molar refractivity (Wildman–Crippen MR) is 85.2 cm³/mol. The average Bonchev–Trinajstić information content (AvgIpc) is 2.78. The second kappa shape index (κ2) is 8.20. The number of rotatable bonds is 4. The van der Waals surface area contributed by atoms with Crippen molar-refractivity contribution in [3.8, 4) is 12.3 Å².